The fraction of sp³-hybridized carbons (Fsp3) is 0.588. The first-order valence-corrected chi connectivity index (χ1v) is 9.00. The predicted octanol–water partition coefficient (Wildman–Crippen LogP) is 3.25. The summed E-state index contributed by atoms with van der Waals surface area (Å²) in [4.78, 5) is 23.9. The molecule has 5 nitrogen and oxygen atoms in total. The van der Waals surface area contributed by atoms with Crippen LogP contribution in [-0.2, 0) is 12.0 Å². The van der Waals surface area contributed by atoms with Crippen molar-refractivity contribution in [3.63, 3.8) is 0 Å². The summed E-state index contributed by atoms with van der Waals surface area (Å²) >= 11 is 1.68. The molecule has 23 heavy (non-hydrogen) atoms. The highest BCUT2D eigenvalue weighted by Crippen LogP contribution is 2.37. The Balaban J connectivity index is 1.66. The summed E-state index contributed by atoms with van der Waals surface area (Å²) in [5.41, 5.74) is 1.93. The van der Waals surface area contributed by atoms with Gasteiger partial charge >= 0.3 is 0 Å². The van der Waals surface area contributed by atoms with Gasteiger partial charge in [-0.15, -0.1) is 11.3 Å². The van der Waals surface area contributed by atoms with Crippen LogP contribution >= 0.6 is 11.3 Å². The Labute approximate surface area is 140 Å². The van der Waals surface area contributed by atoms with Crippen molar-refractivity contribution in [1.29, 1.82) is 0 Å². The molecule has 0 saturated heterocycles. The Kier molecular flexibility index (Phi) is 4.38. The number of nitrogens with zero attached hydrogens (tertiary/aromatic N) is 2. The smallest absolute Gasteiger partial charge is 0.251 e. The van der Waals surface area contributed by atoms with Gasteiger partial charge in [0.25, 0.3) is 5.56 Å². The van der Waals surface area contributed by atoms with Crippen LogP contribution in [0.5, 0.6) is 0 Å². The summed E-state index contributed by atoms with van der Waals surface area (Å²) in [6.07, 6.45) is 2.26. The SMILES string of the molecule is CC(NCc1cc(=O)[nH]c(C2CC2)n1)c1nc(C(C)(C)C)cs1. The lowest BCUT2D eigenvalue weighted by atomic mass is 9.93. The molecule has 0 amide bonds. The van der Waals surface area contributed by atoms with Gasteiger partial charge in [0.05, 0.1) is 17.4 Å². The molecule has 6 heteroatoms. The molecule has 1 aliphatic rings. The zero-order chi connectivity index (χ0) is 16.6. The van der Waals surface area contributed by atoms with Gasteiger partial charge in [-0.2, -0.15) is 0 Å². The highest BCUT2D eigenvalue weighted by Gasteiger charge is 2.26. The van der Waals surface area contributed by atoms with E-state index in [-0.39, 0.29) is 17.0 Å². The third kappa shape index (κ3) is 4.06. The Morgan fingerprint density at radius 1 is 1.39 bits per heavy atom. The first kappa shape index (κ1) is 16.3. The van der Waals surface area contributed by atoms with Gasteiger partial charge in [0.1, 0.15) is 10.8 Å². The largest absolute Gasteiger partial charge is 0.310 e. The Hall–Kier alpha value is -1.53. The van der Waals surface area contributed by atoms with E-state index in [1.54, 1.807) is 17.4 Å². The minimum absolute atomic E-state index is 0.0596. The first-order valence-electron chi connectivity index (χ1n) is 8.12. The first-order chi connectivity index (χ1) is 10.8. The van der Waals surface area contributed by atoms with Crippen molar-refractivity contribution in [2.45, 2.75) is 64.5 Å². The van der Waals surface area contributed by atoms with E-state index in [2.05, 4.69) is 48.4 Å². The average Bonchev–Trinajstić information content (AvgIpc) is 3.19. The van der Waals surface area contributed by atoms with Crippen molar-refractivity contribution in [3.05, 3.63) is 44.0 Å². The highest BCUT2D eigenvalue weighted by molar-refractivity contribution is 7.09. The number of H-pyrrole nitrogens is 1. The average molecular weight is 332 g/mol. The van der Waals surface area contributed by atoms with Gasteiger partial charge in [0, 0.05) is 29.3 Å². The molecule has 124 valence electrons. The van der Waals surface area contributed by atoms with Crippen molar-refractivity contribution in [3.8, 4) is 0 Å². The van der Waals surface area contributed by atoms with E-state index in [1.165, 1.54) is 0 Å². The van der Waals surface area contributed by atoms with Crippen molar-refractivity contribution in [2.24, 2.45) is 0 Å². The van der Waals surface area contributed by atoms with E-state index in [0.29, 0.717) is 12.5 Å². The molecule has 2 heterocycles. The molecule has 1 saturated carbocycles. The van der Waals surface area contributed by atoms with Crippen LogP contribution in [0.15, 0.2) is 16.2 Å². The lowest BCUT2D eigenvalue weighted by molar-refractivity contribution is 0.542. The number of aromatic amines is 1. The fourth-order valence-corrected chi connectivity index (χ4v) is 3.42. The summed E-state index contributed by atoms with van der Waals surface area (Å²) in [5, 5.41) is 6.63. The zero-order valence-corrected chi connectivity index (χ0v) is 15.0. The molecule has 0 spiro atoms. The van der Waals surface area contributed by atoms with Crippen LogP contribution in [0.25, 0.3) is 0 Å². The lowest BCUT2D eigenvalue weighted by Gasteiger charge is -2.15. The second kappa shape index (κ2) is 6.17. The van der Waals surface area contributed by atoms with Crippen LogP contribution in [0.1, 0.15) is 74.7 Å². The van der Waals surface area contributed by atoms with Crippen LogP contribution in [0.3, 0.4) is 0 Å². The molecular weight excluding hydrogens is 308 g/mol. The van der Waals surface area contributed by atoms with E-state index in [1.807, 2.05) is 0 Å². The van der Waals surface area contributed by atoms with E-state index in [9.17, 15) is 4.79 Å². The number of hydrogen-bond acceptors (Lipinski definition) is 5. The second-order valence-corrected chi connectivity index (χ2v) is 8.21. The molecule has 0 radical (unpaired) electrons. The minimum atomic E-state index is -0.0596. The second-order valence-electron chi connectivity index (χ2n) is 7.32. The third-order valence-corrected chi connectivity index (χ3v) is 5.05. The number of rotatable bonds is 5. The third-order valence-electron chi connectivity index (χ3n) is 4.03. The van der Waals surface area contributed by atoms with E-state index < -0.39 is 0 Å². The zero-order valence-electron chi connectivity index (χ0n) is 14.1. The molecule has 1 fully saturated rings. The molecule has 0 bridgehead atoms. The highest BCUT2D eigenvalue weighted by atomic mass is 32.1. The van der Waals surface area contributed by atoms with Gasteiger partial charge in [-0.05, 0) is 19.8 Å². The summed E-state index contributed by atoms with van der Waals surface area (Å²) in [5.74, 6) is 1.29. The molecule has 2 aromatic rings. The monoisotopic (exact) mass is 332 g/mol. The predicted molar refractivity (Wildman–Crippen MR) is 92.9 cm³/mol. The van der Waals surface area contributed by atoms with E-state index in [4.69, 9.17) is 4.98 Å². The summed E-state index contributed by atoms with van der Waals surface area (Å²) in [6, 6.07) is 1.72. The van der Waals surface area contributed by atoms with E-state index in [0.717, 1.165) is 35.1 Å². The number of aromatic nitrogens is 3. The number of nitrogens with one attached hydrogen (secondary N) is 2. The van der Waals surface area contributed by atoms with E-state index >= 15 is 0 Å². The molecule has 0 aliphatic heterocycles. The topological polar surface area (TPSA) is 70.7 Å². The Morgan fingerprint density at radius 2 is 2.13 bits per heavy atom. The van der Waals surface area contributed by atoms with Crippen LogP contribution in [0.4, 0.5) is 0 Å². The van der Waals surface area contributed by atoms with Crippen molar-refractivity contribution < 1.29 is 0 Å². The van der Waals surface area contributed by atoms with Gasteiger partial charge in [0.2, 0.25) is 0 Å². The van der Waals surface area contributed by atoms with Crippen molar-refractivity contribution in [2.75, 3.05) is 0 Å². The molecule has 1 unspecified atom stereocenters. The Bertz CT molecular complexity index is 740. The maximum absolute atomic E-state index is 11.7. The fourth-order valence-electron chi connectivity index (χ4n) is 2.35. The van der Waals surface area contributed by atoms with Crippen molar-refractivity contribution in [1.82, 2.24) is 20.3 Å². The maximum Gasteiger partial charge on any atom is 0.251 e. The summed E-state index contributed by atoms with van der Waals surface area (Å²) in [6.45, 7) is 9.19. The number of hydrogen-bond donors (Lipinski definition) is 2. The van der Waals surface area contributed by atoms with Gasteiger partial charge in [-0.25, -0.2) is 9.97 Å². The summed E-state index contributed by atoms with van der Waals surface area (Å²) in [7, 11) is 0. The molecular formula is C17H24N4OS. The quantitative estimate of drug-likeness (QED) is 0.882. The van der Waals surface area contributed by atoms with Crippen molar-refractivity contribution >= 4 is 11.3 Å². The van der Waals surface area contributed by atoms with Crippen LogP contribution in [-0.4, -0.2) is 15.0 Å². The van der Waals surface area contributed by atoms with Crippen LogP contribution < -0.4 is 10.9 Å². The van der Waals surface area contributed by atoms with Gasteiger partial charge in [0.15, 0.2) is 0 Å². The lowest BCUT2D eigenvalue weighted by Crippen LogP contribution is -2.22. The standard InChI is InChI=1S/C17H24N4OS/c1-10(16-20-13(9-23-16)17(2,3)4)18-8-12-7-14(22)21-15(19-12)11-5-6-11/h7,9-11,18H,5-6,8H2,1-4H3,(H,19,21,22). The summed E-state index contributed by atoms with van der Waals surface area (Å²) < 4.78 is 0. The van der Waals surface area contributed by atoms with Crippen LogP contribution in [0, 0.1) is 0 Å². The maximum atomic E-state index is 11.7. The molecule has 3 rings (SSSR count). The molecule has 0 aromatic carbocycles. The molecule has 1 aliphatic carbocycles. The minimum Gasteiger partial charge on any atom is -0.310 e. The molecule has 1 atom stereocenters. The molecule has 2 N–H and O–H groups in total. The normalized spacial score (nSPS) is 16.5. The van der Waals surface area contributed by atoms with Crippen LogP contribution in [0.2, 0.25) is 0 Å². The van der Waals surface area contributed by atoms with Gasteiger partial charge < -0.3 is 10.3 Å². The number of thiazole rings is 1. The van der Waals surface area contributed by atoms with Gasteiger partial charge in [-0.3, -0.25) is 4.79 Å². The Morgan fingerprint density at radius 3 is 2.74 bits per heavy atom. The molecule has 2 aromatic heterocycles. The van der Waals surface area contributed by atoms with Gasteiger partial charge in [-0.1, -0.05) is 20.8 Å².